The van der Waals surface area contributed by atoms with Crippen molar-refractivity contribution in [2.45, 2.75) is 25.6 Å². The molecule has 1 atom stereocenters. The Hall–Kier alpha value is -2.98. The summed E-state index contributed by atoms with van der Waals surface area (Å²) in [5.41, 5.74) is 1.65. The molecule has 32 heavy (non-hydrogen) atoms. The number of thiazole rings is 1. The molecule has 0 fully saturated rings. The van der Waals surface area contributed by atoms with Crippen LogP contribution < -0.4 is 5.32 Å². The lowest BCUT2D eigenvalue weighted by Crippen LogP contribution is -2.48. The number of sulfone groups is 1. The highest BCUT2D eigenvalue weighted by molar-refractivity contribution is 7.90. The second-order valence-electron chi connectivity index (χ2n) is 7.45. The van der Waals surface area contributed by atoms with Gasteiger partial charge in [-0.05, 0) is 24.1 Å². The molecule has 0 saturated heterocycles. The fourth-order valence-corrected chi connectivity index (χ4v) is 4.72. The first-order valence-electron chi connectivity index (χ1n) is 9.95. The van der Waals surface area contributed by atoms with Crippen LogP contribution in [0.5, 0.6) is 0 Å². The predicted molar refractivity (Wildman–Crippen MR) is 124 cm³/mol. The number of carbonyl (C=O) groups is 2. The largest absolute Gasteiger partial charge is 0.445 e. The van der Waals surface area contributed by atoms with E-state index in [1.807, 2.05) is 54.6 Å². The Morgan fingerprint density at radius 3 is 2.50 bits per heavy atom. The first-order valence-corrected chi connectivity index (χ1v) is 12.8. The van der Waals surface area contributed by atoms with Crippen molar-refractivity contribution in [3.63, 3.8) is 0 Å². The molecule has 2 aromatic carbocycles. The molecular formula is C22H25N3O5S2. The van der Waals surface area contributed by atoms with Crippen LogP contribution in [0.15, 0.2) is 54.6 Å². The highest BCUT2D eigenvalue weighted by atomic mass is 32.2. The monoisotopic (exact) mass is 475 g/mol. The third kappa shape index (κ3) is 7.03. The minimum absolute atomic E-state index is 0.0429. The molecule has 3 aromatic rings. The number of fused-ring (bicyclic) bond motifs is 1. The molecule has 0 unspecified atom stereocenters. The molecule has 0 aliphatic heterocycles. The number of alkyl carbamates (subject to hydrolysis) is 1. The van der Waals surface area contributed by atoms with Crippen molar-refractivity contribution in [1.82, 2.24) is 15.2 Å². The number of amides is 2. The lowest BCUT2D eigenvalue weighted by molar-refractivity contribution is -0.132. The average molecular weight is 476 g/mol. The fraction of sp³-hybridized carbons (Fsp3) is 0.318. The van der Waals surface area contributed by atoms with E-state index in [9.17, 15) is 18.0 Å². The molecular weight excluding hydrogens is 450 g/mol. The molecule has 1 aromatic heterocycles. The summed E-state index contributed by atoms with van der Waals surface area (Å²) in [7, 11) is -1.72. The maximum Gasteiger partial charge on any atom is 0.408 e. The average Bonchev–Trinajstić information content (AvgIpc) is 3.17. The van der Waals surface area contributed by atoms with E-state index in [0.29, 0.717) is 0 Å². The normalized spacial score (nSPS) is 12.3. The van der Waals surface area contributed by atoms with Crippen molar-refractivity contribution >= 4 is 43.4 Å². The minimum Gasteiger partial charge on any atom is -0.445 e. The van der Waals surface area contributed by atoms with Crippen molar-refractivity contribution in [3.8, 4) is 0 Å². The molecule has 1 N–H and O–H groups in total. The van der Waals surface area contributed by atoms with E-state index in [-0.39, 0.29) is 25.3 Å². The number of hydrogen-bond donors (Lipinski definition) is 1. The zero-order chi connectivity index (χ0) is 23.1. The van der Waals surface area contributed by atoms with Gasteiger partial charge in [0.25, 0.3) is 0 Å². The molecule has 3 rings (SSSR count). The Balaban J connectivity index is 1.65. The Morgan fingerprint density at radius 1 is 1.12 bits per heavy atom. The molecule has 0 bridgehead atoms. The summed E-state index contributed by atoms with van der Waals surface area (Å²) in [4.78, 5) is 31.3. The number of ether oxygens (including phenoxy) is 1. The number of rotatable bonds is 9. The molecule has 0 aliphatic rings. The van der Waals surface area contributed by atoms with Crippen molar-refractivity contribution in [2.75, 3.05) is 19.1 Å². The zero-order valence-corrected chi connectivity index (χ0v) is 19.5. The molecule has 2 amide bonds. The summed E-state index contributed by atoms with van der Waals surface area (Å²) < 4.78 is 29.5. The van der Waals surface area contributed by atoms with Gasteiger partial charge in [0.15, 0.2) is 0 Å². The number of nitrogens with one attached hydrogen (secondary N) is 1. The van der Waals surface area contributed by atoms with Gasteiger partial charge in [-0.2, -0.15) is 0 Å². The van der Waals surface area contributed by atoms with Gasteiger partial charge in [0.1, 0.15) is 27.5 Å². The molecule has 10 heteroatoms. The summed E-state index contributed by atoms with van der Waals surface area (Å²) in [5.74, 6) is -0.651. The number of hydrogen-bond acceptors (Lipinski definition) is 7. The highest BCUT2D eigenvalue weighted by Crippen LogP contribution is 2.22. The van der Waals surface area contributed by atoms with Crippen molar-refractivity contribution in [2.24, 2.45) is 0 Å². The molecule has 0 saturated carbocycles. The molecule has 8 nitrogen and oxygen atoms in total. The van der Waals surface area contributed by atoms with E-state index in [1.54, 1.807) is 7.05 Å². The lowest BCUT2D eigenvalue weighted by atomic mass is 10.2. The standard InChI is InChI=1S/C22H25N3O5S2/c1-25(14-20-23-17-10-6-7-11-19(17)31-20)21(26)18(12-13-32(2,28)29)24-22(27)30-15-16-8-4-3-5-9-16/h3-11,18H,12-15H2,1-2H3,(H,24,27)/t18-/m1/s1. The number of likely N-dealkylation sites (N-methyl/N-ethyl adjacent to an activating group) is 1. The Labute approximate surface area is 191 Å². The summed E-state index contributed by atoms with van der Waals surface area (Å²) in [6.45, 7) is 0.287. The predicted octanol–water partition coefficient (Wildman–Crippen LogP) is 2.98. The highest BCUT2D eigenvalue weighted by Gasteiger charge is 2.26. The second kappa shape index (κ2) is 10.6. The van der Waals surface area contributed by atoms with E-state index in [4.69, 9.17) is 4.74 Å². The molecule has 0 aliphatic carbocycles. The number of benzene rings is 2. The molecule has 0 radical (unpaired) electrons. The van der Waals surface area contributed by atoms with Gasteiger partial charge in [-0.25, -0.2) is 18.2 Å². The number of nitrogens with zero attached hydrogens (tertiary/aromatic N) is 2. The van der Waals surface area contributed by atoms with Crippen LogP contribution in [0, 0.1) is 0 Å². The molecule has 170 valence electrons. The van der Waals surface area contributed by atoms with Gasteiger partial charge in [0, 0.05) is 13.3 Å². The third-order valence-electron chi connectivity index (χ3n) is 4.67. The summed E-state index contributed by atoms with van der Waals surface area (Å²) >= 11 is 1.48. The lowest BCUT2D eigenvalue weighted by Gasteiger charge is -2.23. The minimum atomic E-state index is -3.32. The van der Waals surface area contributed by atoms with Crippen LogP contribution in [0.1, 0.15) is 17.0 Å². The summed E-state index contributed by atoms with van der Waals surface area (Å²) in [5, 5.41) is 3.26. The number of carbonyl (C=O) groups excluding carboxylic acids is 2. The van der Waals surface area contributed by atoms with Crippen LogP contribution in [0.25, 0.3) is 10.2 Å². The van der Waals surface area contributed by atoms with Crippen LogP contribution in [0.2, 0.25) is 0 Å². The number of para-hydroxylation sites is 1. The zero-order valence-electron chi connectivity index (χ0n) is 17.9. The first-order chi connectivity index (χ1) is 15.2. The Morgan fingerprint density at radius 2 is 1.81 bits per heavy atom. The SMILES string of the molecule is CN(Cc1nc2ccccc2s1)C(=O)[C@@H](CCS(C)(=O)=O)NC(=O)OCc1ccccc1. The van der Waals surface area contributed by atoms with Gasteiger partial charge in [0.05, 0.1) is 22.5 Å². The van der Waals surface area contributed by atoms with E-state index in [1.165, 1.54) is 16.2 Å². The van der Waals surface area contributed by atoms with Crippen LogP contribution in [-0.4, -0.2) is 55.4 Å². The van der Waals surface area contributed by atoms with Crippen LogP contribution in [0.3, 0.4) is 0 Å². The van der Waals surface area contributed by atoms with Crippen LogP contribution >= 0.6 is 11.3 Å². The Bertz CT molecular complexity index is 1150. The van der Waals surface area contributed by atoms with E-state index in [0.717, 1.165) is 27.0 Å². The molecule has 1 heterocycles. The van der Waals surface area contributed by atoms with Gasteiger partial charge in [-0.3, -0.25) is 4.79 Å². The van der Waals surface area contributed by atoms with E-state index in [2.05, 4.69) is 10.3 Å². The van der Waals surface area contributed by atoms with E-state index >= 15 is 0 Å². The quantitative estimate of drug-likeness (QED) is 0.510. The topological polar surface area (TPSA) is 106 Å². The van der Waals surface area contributed by atoms with Gasteiger partial charge in [0.2, 0.25) is 5.91 Å². The van der Waals surface area contributed by atoms with Gasteiger partial charge in [-0.15, -0.1) is 11.3 Å². The maximum atomic E-state index is 13.0. The van der Waals surface area contributed by atoms with Crippen LogP contribution in [-0.2, 0) is 32.5 Å². The van der Waals surface area contributed by atoms with E-state index < -0.39 is 27.9 Å². The van der Waals surface area contributed by atoms with Crippen molar-refractivity contribution in [1.29, 1.82) is 0 Å². The number of aromatic nitrogens is 1. The fourth-order valence-electron chi connectivity index (χ4n) is 3.03. The van der Waals surface area contributed by atoms with Crippen molar-refractivity contribution in [3.05, 3.63) is 65.2 Å². The maximum absolute atomic E-state index is 13.0. The Kier molecular flexibility index (Phi) is 7.81. The second-order valence-corrected chi connectivity index (χ2v) is 10.8. The first kappa shape index (κ1) is 23.7. The van der Waals surface area contributed by atoms with Gasteiger partial charge < -0.3 is 15.0 Å². The van der Waals surface area contributed by atoms with Gasteiger partial charge >= 0.3 is 6.09 Å². The summed E-state index contributed by atoms with van der Waals surface area (Å²) in [6, 6.07) is 15.8. The smallest absolute Gasteiger partial charge is 0.408 e. The van der Waals surface area contributed by atoms with Gasteiger partial charge in [-0.1, -0.05) is 42.5 Å². The van der Waals surface area contributed by atoms with Crippen molar-refractivity contribution < 1.29 is 22.7 Å². The third-order valence-corrected chi connectivity index (χ3v) is 6.67. The molecule has 0 spiro atoms. The summed E-state index contributed by atoms with van der Waals surface area (Å²) in [6.07, 6.45) is 0.254. The van der Waals surface area contributed by atoms with Crippen LogP contribution in [0.4, 0.5) is 4.79 Å².